The van der Waals surface area contributed by atoms with E-state index in [1.54, 1.807) is 24.1 Å². The molecule has 3 heterocycles. The van der Waals surface area contributed by atoms with Crippen LogP contribution in [0.5, 0.6) is 5.75 Å². The summed E-state index contributed by atoms with van der Waals surface area (Å²) in [7, 11) is 3.61. The summed E-state index contributed by atoms with van der Waals surface area (Å²) >= 11 is 0. The van der Waals surface area contributed by atoms with Crippen molar-refractivity contribution in [2.45, 2.75) is 38.3 Å². The Balaban J connectivity index is 1.27. The minimum Gasteiger partial charge on any atom is -0.490 e. The molecule has 3 aromatic rings. The molecule has 1 amide bonds. The lowest BCUT2D eigenvalue weighted by Gasteiger charge is -2.36. The number of benzene rings is 1. The number of aryl methyl sites for hydroxylation is 2. The summed E-state index contributed by atoms with van der Waals surface area (Å²) in [5, 5.41) is 7.09. The maximum Gasteiger partial charge on any atom is 0.252 e. The van der Waals surface area contributed by atoms with E-state index in [-0.39, 0.29) is 23.7 Å². The molecule has 0 saturated heterocycles. The summed E-state index contributed by atoms with van der Waals surface area (Å²) in [6.07, 6.45) is 5.15. The van der Waals surface area contributed by atoms with Crippen LogP contribution < -0.4 is 15.0 Å². The molecule has 11 heteroatoms. The third-order valence-electron chi connectivity index (χ3n) is 6.30. The lowest BCUT2D eigenvalue weighted by Crippen LogP contribution is -2.40. The first-order valence-corrected chi connectivity index (χ1v) is 10.9. The van der Waals surface area contributed by atoms with E-state index in [9.17, 15) is 18.0 Å². The van der Waals surface area contributed by atoms with E-state index in [4.69, 9.17) is 9.72 Å². The molecule has 1 aliphatic heterocycles. The highest BCUT2D eigenvalue weighted by Crippen LogP contribution is 2.39. The minimum absolute atomic E-state index is 0.0282. The molecule has 5 rings (SSSR count). The average Bonchev–Trinajstić information content (AvgIpc) is 3.17. The molecule has 1 aliphatic carbocycles. The zero-order valence-corrected chi connectivity index (χ0v) is 18.8. The smallest absolute Gasteiger partial charge is 0.252 e. The zero-order valence-electron chi connectivity index (χ0n) is 18.8. The summed E-state index contributed by atoms with van der Waals surface area (Å²) in [5.41, 5.74) is 2.03. The highest BCUT2D eigenvalue weighted by atomic mass is 19.2. The van der Waals surface area contributed by atoms with Crippen LogP contribution in [-0.2, 0) is 18.3 Å². The van der Waals surface area contributed by atoms with E-state index in [2.05, 4.69) is 15.4 Å². The Morgan fingerprint density at radius 3 is 2.50 bits per heavy atom. The number of anilines is 2. The second-order valence-electron chi connectivity index (χ2n) is 8.86. The average molecular weight is 472 g/mol. The molecule has 0 bridgehead atoms. The second-order valence-corrected chi connectivity index (χ2v) is 8.86. The predicted molar refractivity (Wildman–Crippen MR) is 117 cm³/mol. The van der Waals surface area contributed by atoms with Gasteiger partial charge < -0.3 is 15.0 Å². The van der Waals surface area contributed by atoms with Crippen LogP contribution in [0.25, 0.3) is 0 Å². The molecule has 2 aromatic heterocycles. The molecule has 34 heavy (non-hydrogen) atoms. The van der Waals surface area contributed by atoms with Crippen molar-refractivity contribution in [3.8, 4) is 5.75 Å². The number of hydrogen-bond acceptors (Lipinski definition) is 6. The number of fused-ring (bicyclic) bond motifs is 1. The van der Waals surface area contributed by atoms with Crippen LogP contribution in [0.4, 0.5) is 24.7 Å². The van der Waals surface area contributed by atoms with Crippen LogP contribution in [0.1, 0.15) is 36.0 Å². The summed E-state index contributed by atoms with van der Waals surface area (Å²) in [6.45, 7) is 1.83. The van der Waals surface area contributed by atoms with Gasteiger partial charge in [0.05, 0.1) is 18.0 Å². The maximum atomic E-state index is 13.4. The van der Waals surface area contributed by atoms with Crippen molar-refractivity contribution in [2.24, 2.45) is 13.0 Å². The Hall–Kier alpha value is -3.63. The van der Waals surface area contributed by atoms with E-state index >= 15 is 0 Å². The number of amides is 1. The Morgan fingerprint density at radius 2 is 1.85 bits per heavy atom. The van der Waals surface area contributed by atoms with Crippen molar-refractivity contribution in [3.05, 3.63) is 59.1 Å². The predicted octanol–water partition coefficient (Wildman–Crippen LogP) is 3.47. The Bertz CT molecular complexity index is 1250. The van der Waals surface area contributed by atoms with E-state index in [1.807, 2.05) is 18.9 Å². The number of ether oxygens (including phenoxy) is 1. The first-order valence-electron chi connectivity index (χ1n) is 10.9. The van der Waals surface area contributed by atoms with E-state index in [0.29, 0.717) is 42.3 Å². The number of carbonyl (C=O) groups is 1. The van der Waals surface area contributed by atoms with Crippen molar-refractivity contribution >= 4 is 17.4 Å². The topological polar surface area (TPSA) is 85.2 Å². The largest absolute Gasteiger partial charge is 0.490 e. The fraction of sp³-hybridized carbons (Fsp3) is 0.391. The van der Waals surface area contributed by atoms with Crippen LogP contribution in [0.2, 0.25) is 0 Å². The quantitative estimate of drug-likeness (QED) is 0.573. The number of carbonyl (C=O) groups excluding carboxylic acids is 1. The van der Waals surface area contributed by atoms with Gasteiger partial charge in [-0.2, -0.15) is 5.10 Å². The van der Waals surface area contributed by atoms with Crippen LogP contribution in [0.3, 0.4) is 0 Å². The third kappa shape index (κ3) is 3.95. The molecule has 1 unspecified atom stereocenters. The molecular formula is C23H23F3N6O2. The lowest BCUT2D eigenvalue weighted by atomic mass is 9.80. The van der Waals surface area contributed by atoms with Gasteiger partial charge in [0.2, 0.25) is 0 Å². The van der Waals surface area contributed by atoms with Crippen molar-refractivity contribution in [2.75, 3.05) is 17.3 Å². The highest BCUT2D eigenvalue weighted by Gasteiger charge is 2.36. The first-order chi connectivity index (χ1) is 16.2. The van der Waals surface area contributed by atoms with E-state index in [1.165, 1.54) is 0 Å². The van der Waals surface area contributed by atoms with Gasteiger partial charge in [-0.15, -0.1) is 0 Å². The summed E-state index contributed by atoms with van der Waals surface area (Å²) in [4.78, 5) is 23.9. The molecule has 2 aliphatic rings. The molecular weight excluding hydrogens is 449 g/mol. The van der Waals surface area contributed by atoms with E-state index < -0.39 is 23.5 Å². The van der Waals surface area contributed by atoms with Crippen LogP contribution in [0, 0.1) is 30.3 Å². The normalized spacial score (nSPS) is 21.6. The van der Waals surface area contributed by atoms with Gasteiger partial charge in [0.1, 0.15) is 23.3 Å². The van der Waals surface area contributed by atoms with Crippen molar-refractivity contribution in [3.63, 3.8) is 0 Å². The van der Waals surface area contributed by atoms with Crippen molar-refractivity contribution < 1.29 is 22.7 Å². The monoisotopic (exact) mass is 472 g/mol. The van der Waals surface area contributed by atoms with Crippen LogP contribution in [-0.4, -0.2) is 38.8 Å². The molecule has 1 aromatic carbocycles. The number of aromatic nitrogens is 4. The molecule has 8 nitrogen and oxygen atoms in total. The van der Waals surface area contributed by atoms with Crippen molar-refractivity contribution in [1.29, 1.82) is 0 Å². The summed E-state index contributed by atoms with van der Waals surface area (Å²) in [5.74, 6) is -2.74. The number of likely N-dealkylation sites (N-methyl/N-ethyl adjacent to an activating group) is 1. The van der Waals surface area contributed by atoms with E-state index in [0.717, 1.165) is 17.7 Å². The Kier molecular flexibility index (Phi) is 5.41. The Labute approximate surface area is 193 Å². The standard InChI is InChI=1S/C23H23F3N6O2/c1-11-20-22(32(3)21(23(33)30-20)13-9-27-31(2)10-13)29-18(28-11)6-12-4-14(5-12)34-15-7-16(24)19(26)17(25)8-15/h7-10,12,14,21H,4-6H2,1-3H3,(H,30,33). The van der Waals surface area contributed by atoms with Gasteiger partial charge in [-0.1, -0.05) is 0 Å². The van der Waals surface area contributed by atoms with Gasteiger partial charge in [-0.25, -0.2) is 23.1 Å². The molecule has 0 spiro atoms. The number of halogens is 3. The second kappa shape index (κ2) is 8.30. The number of nitrogens with one attached hydrogen (secondary N) is 1. The SMILES string of the molecule is Cc1nc(CC2CC(Oc3cc(F)c(F)c(F)c3)C2)nc2c1NC(=O)C(c1cnn(C)c1)N2C. The highest BCUT2D eigenvalue weighted by molar-refractivity contribution is 6.03. The molecule has 1 fully saturated rings. The van der Waals surface area contributed by atoms with Crippen LogP contribution in [0.15, 0.2) is 24.5 Å². The molecule has 1 atom stereocenters. The molecule has 0 radical (unpaired) electrons. The third-order valence-corrected chi connectivity index (χ3v) is 6.30. The van der Waals surface area contributed by atoms with Crippen LogP contribution >= 0.6 is 0 Å². The summed E-state index contributed by atoms with van der Waals surface area (Å²) in [6, 6.07) is 1.15. The molecule has 1 saturated carbocycles. The van der Waals surface area contributed by atoms with Gasteiger partial charge in [0, 0.05) is 44.4 Å². The number of hydrogen-bond donors (Lipinski definition) is 1. The fourth-order valence-electron chi connectivity index (χ4n) is 4.54. The van der Waals surface area contributed by atoms with Gasteiger partial charge in [0.15, 0.2) is 23.3 Å². The van der Waals surface area contributed by atoms with Crippen molar-refractivity contribution in [1.82, 2.24) is 19.7 Å². The van der Waals surface area contributed by atoms with Gasteiger partial charge in [-0.3, -0.25) is 9.48 Å². The minimum atomic E-state index is -1.51. The zero-order chi connectivity index (χ0) is 24.1. The number of rotatable bonds is 5. The summed E-state index contributed by atoms with van der Waals surface area (Å²) < 4.78 is 47.2. The van der Waals surface area contributed by atoms with Gasteiger partial charge >= 0.3 is 0 Å². The van der Waals surface area contributed by atoms with Gasteiger partial charge in [0.25, 0.3) is 5.91 Å². The molecule has 178 valence electrons. The maximum absolute atomic E-state index is 13.4. The fourth-order valence-corrected chi connectivity index (χ4v) is 4.54. The number of nitrogens with zero attached hydrogens (tertiary/aromatic N) is 5. The lowest BCUT2D eigenvalue weighted by molar-refractivity contribution is -0.117. The Morgan fingerprint density at radius 1 is 1.15 bits per heavy atom. The molecule has 1 N–H and O–H groups in total. The van der Waals surface area contributed by atoms with Gasteiger partial charge in [-0.05, 0) is 25.7 Å². The first kappa shape index (κ1) is 22.2.